The first-order chi connectivity index (χ1) is 9.19. The van der Waals surface area contributed by atoms with Gasteiger partial charge in [0.2, 0.25) is 10.0 Å². The number of nitrogens with zero attached hydrogens (tertiary/aromatic N) is 1. The van der Waals surface area contributed by atoms with Crippen molar-refractivity contribution in [3.63, 3.8) is 0 Å². The Morgan fingerprint density at radius 2 is 2.05 bits per heavy atom. The third-order valence-electron chi connectivity index (χ3n) is 2.99. The zero-order valence-electron chi connectivity index (χ0n) is 11.7. The lowest BCUT2D eigenvalue weighted by atomic mass is 10.1. The summed E-state index contributed by atoms with van der Waals surface area (Å²) in [7, 11) is -3.83. The van der Waals surface area contributed by atoms with Crippen molar-refractivity contribution in [3.05, 3.63) is 18.0 Å². The second-order valence-corrected chi connectivity index (χ2v) is 6.58. The smallest absolute Gasteiger partial charge is 0.352 e. The maximum absolute atomic E-state index is 12.0. The molecule has 0 saturated heterocycles. The minimum atomic E-state index is -3.83. The average molecular weight is 304 g/mol. The van der Waals surface area contributed by atoms with E-state index in [-0.39, 0.29) is 23.1 Å². The van der Waals surface area contributed by atoms with Crippen molar-refractivity contribution < 1.29 is 23.4 Å². The van der Waals surface area contributed by atoms with Crippen molar-refractivity contribution in [3.8, 4) is 0 Å². The molecule has 0 aromatic carbocycles. The molecule has 0 aliphatic carbocycles. The first-order valence-electron chi connectivity index (χ1n) is 6.30. The van der Waals surface area contributed by atoms with Crippen LogP contribution in [0.4, 0.5) is 0 Å². The summed E-state index contributed by atoms with van der Waals surface area (Å²) in [6.07, 6.45) is 0.477. The van der Waals surface area contributed by atoms with Gasteiger partial charge in [-0.05, 0) is 18.9 Å². The monoisotopic (exact) mass is 304 g/mol. The highest BCUT2D eigenvalue weighted by atomic mass is 32.2. The van der Waals surface area contributed by atoms with Crippen LogP contribution in [0.1, 0.15) is 31.3 Å². The number of carbonyl (C=O) groups is 1. The van der Waals surface area contributed by atoms with Crippen LogP contribution in [0.2, 0.25) is 0 Å². The number of hydrogen-bond acceptors (Lipinski definition) is 4. The lowest BCUT2D eigenvalue weighted by Crippen LogP contribution is -2.34. The second-order valence-electron chi connectivity index (χ2n) is 4.82. The van der Waals surface area contributed by atoms with E-state index < -0.39 is 22.1 Å². The van der Waals surface area contributed by atoms with Crippen molar-refractivity contribution in [2.75, 3.05) is 6.54 Å². The van der Waals surface area contributed by atoms with E-state index in [0.717, 1.165) is 6.07 Å². The number of aromatic carboxylic acids is 1. The van der Waals surface area contributed by atoms with Gasteiger partial charge in [0.15, 0.2) is 0 Å². The molecule has 1 heterocycles. The lowest BCUT2D eigenvalue weighted by molar-refractivity contribution is 0.0685. The van der Waals surface area contributed by atoms with Crippen LogP contribution in [0.15, 0.2) is 17.2 Å². The maximum Gasteiger partial charge on any atom is 0.352 e. The summed E-state index contributed by atoms with van der Waals surface area (Å²) in [6.45, 7) is 5.51. The van der Waals surface area contributed by atoms with Gasteiger partial charge in [0.25, 0.3) is 0 Å². The number of hydrogen-bond donors (Lipinski definition) is 3. The van der Waals surface area contributed by atoms with Gasteiger partial charge < -0.3 is 14.8 Å². The van der Waals surface area contributed by atoms with Gasteiger partial charge in [-0.15, -0.1) is 0 Å². The average Bonchev–Trinajstić information content (AvgIpc) is 2.80. The molecule has 20 heavy (non-hydrogen) atoms. The van der Waals surface area contributed by atoms with Crippen molar-refractivity contribution in [2.45, 2.75) is 38.3 Å². The van der Waals surface area contributed by atoms with Crippen LogP contribution in [-0.4, -0.2) is 41.8 Å². The quantitative estimate of drug-likeness (QED) is 0.680. The van der Waals surface area contributed by atoms with Crippen molar-refractivity contribution in [2.24, 2.45) is 5.92 Å². The van der Waals surface area contributed by atoms with Gasteiger partial charge >= 0.3 is 5.97 Å². The van der Waals surface area contributed by atoms with E-state index in [1.807, 2.05) is 0 Å². The third-order valence-corrected chi connectivity index (χ3v) is 4.38. The Bertz CT molecular complexity index is 577. The number of aliphatic hydroxyl groups is 1. The molecule has 1 unspecified atom stereocenters. The normalized spacial score (nSPS) is 13.7. The minimum Gasteiger partial charge on any atom is -0.477 e. The van der Waals surface area contributed by atoms with E-state index in [9.17, 15) is 18.3 Å². The first kappa shape index (κ1) is 16.7. The van der Waals surface area contributed by atoms with E-state index in [4.69, 9.17) is 5.11 Å². The number of carboxylic acid groups (broad SMARTS) is 1. The fraction of sp³-hybridized carbons (Fsp3) is 0.583. The predicted molar refractivity (Wildman–Crippen MR) is 73.1 cm³/mol. The van der Waals surface area contributed by atoms with Crippen molar-refractivity contribution in [1.29, 1.82) is 0 Å². The number of sulfonamides is 1. The molecule has 8 heteroatoms. The molecule has 0 spiro atoms. The van der Waals surface area contributed by atoms with Crippen LogP contribution in [0.5, 0.6) is 0 Å². The summed E-state index contributed by atoms with van der Waals surface area (Å²) in [5.74, 6) is -1.26. The van der Waals surface area contributed by atoms with E-state index in [1.165, 1.54) is 10.8 Å². The summed E-state index contributed by atoms with van der Waals surface area (Å²) in [5, 5.41) is 18.6. The number of carboxylic acids is 1. The zero-order chi connectivity index (χ0) is 15.5. The van der Waals surface area contributed by atoms with Crippen molar-refractivity contribution in [1.82, 2.24) is 9.29 Å². The van der Waals surface area contributed by atoms with Crippen LogP contribution in [-0.2, 0) is 16.6 Å². The fourth-order valence-electron chi connectivity index (χ4n) is 1.59. The van der Waals surface area contributed by atoms with Gasteiger partial charge in [-0.3, -0.25) is 0 Å². The van der Waals surface area contributed by atoms with Gasteiger partial charge in [-0.2, -0.15) is 0 Å². The topological polar surface area (TPSA) is 109 Å². The molecule has 1 rings (SSSR count). The molecule has 7 nitrogen and oxygen atoms in total. The van der Waals surface area contributed by atoms with Crippen LogP contribution in [0, 0.1) is 5.92 Å². The SMILES string of the molecule is CCn1cc(S(=O)(=O)NCC(O)C(C)C)cc1C(=O)O. The Balaban J connectivity index is 2.96. The number of aromatic nitrogens is 1. The number of rotatable bonds is 7. The molecule has 114 valence electrons. The highest BCUT2D eigenvalue weighted by Crippen LogP contribution is 2.15. The molecule has 0 bridgehead atoms. The molecule has 1 aromatic rings. The Labute approximate surface area is 118 Å². The maximum atomic E-state index is 12.0. The molecular weight excluding hydrogens is 284 g/mol. The second kappa shape index (κ2) is 6.38. The molecular formula is C12H20N2O5S. The molecule has 1 atom stereocenters. The largest absolute Gasteiger partial charge is 0.477 e. The number of nitrogens with one attached hydrogen (secondary N) is 1. The Kier molecular flexibility index (Phi) is 5.32. The highest BCUT2D eigenvalue weighted by molar-refractivity contribution is 7.89. The number of aryl methyl sites for hydroxylation is 1. The van der Waals surface area contributed by atoms with Crippen LogP contribution in [0.3, 0.4) is 0 Å². The van der Waals surface area contributed by atoms with Crippen LogP contribution in [0.25, 0.3) is 0 Å². The minimum absolute atomic E-state index is 0.0764. The summed E-state index contributed by atoms with van der Waals surface area (Å²) in [4.78, 5) is 10.9. The van der Waals surface area contributed by atoms with Crippen molar-refractivity contribution >= 4 is 16.0 Å². The summed E-state index contributed by atoms with van der Waals surface area (Å²) in [6, 6.07) is 1.11. The standard InChI is InChI=1S/C12H20N2O5S/c1-4-14-7-9(5-10(14)12(16)17)20(18,19)13-6-11(15)8(2)3/h5,7-8,11,13,15H,4,6H2,1-3H3,(H,16,17). The van der Waals surface area contributed by atoms with E-state index in [0.29, 0.717) is 6.54 Å². The molecule has 0 saturated carbocycles. The van der Waals surface area contributed by atoms with Gasteiger partial charge in [-0.1, -0.05) is 13.8 Å². The third kappa shape index (κ3) is 3.81. The molecule has 0 radical (unpaired) electrons. The van der Waals surface area contributed by atoms with E-state index in [2.05, 4.69) is 4.72 Å². The van der Waals surface area contributed by atoms with Gasteiger partial charge in [0.05, 0.1) is 6.10 Å². The summed E-state index contributed by atoms with van der Waals surface area (Å²) in [5.41, 5.74) is -0.0858. The van der Waals surface area contributed by atoms with Gasteiger partial charge in [0.1, 0.15) is 10.6 Å². The van der Waals surface area contributed by atoms with E-state index >= 15 is 0 Å². The Morgan fingerprint density at radius 1 is 1.45 bits per heavy atom. The predicted octanol–water partition coefficient (Wildman–Crippen LogP) is 0.501. The summed E-state index contributed by atoms with van der Waals surface area (Å²) < 4.78 is 27.7. The molecule has 0 amide bonds. The molecule has 0 aliphatic rings. The Hall–Kier alpha value is -1.38. The molecule has 0 fully saturated rings. The molecule has 0 aliphatic heterocycles. The zero-order valence-corrected chi connectivity index (χ0v) is 12.5. The first-order valence-corrected chi connectivity index (χ1v) is 7.78. The summed E-state index contributed by atoms with van der Waals surface area (Å²) >= 11 is 0. The highest BCUT2D eigenvalue weighted by Gasteiger charge is 2.22. The van der Waals surface area contributed by atoms with Crippen LogP contribution >= 0.6 is 0 Å². The fourth-order valence-corrected chi connectivity index (χ4v) is 2.68. The molecule has 1 aromatic heterocycles. The van der Waals surface area contributed by atoms with Gasteiger partial charge in [0, 0.05) is 19.3 Å². The van der Waals surface area contributed by atoms with Gasteiger partial charge in [-0.25, -0.2) is 17.9 Å². The van der Waals surface area contributed by atoms with Crippen LogP contribution < -0.4 is 4.72 Å². The number of aliphatic hydroxyl groups excluding tert-OH is 1. The lowest BCUT2D eigenvalue weighted by Gasteiger charge is -2.14. The van der Waals surface area contributed by atoms with E-state index in [1.54, 1.807) is 20.8 Å². The molecule has 3 N–H and O–H groups in total. The Morgan fingerprint density at radius 3 is 2.45 bits per heavy atom.